The SMILES string of the molecule is CC[N+](CC)(CC)CC.O=C([O-])c1cccc([N+](=O)[O-])c1. The summed E-state index contributed by atoms with van der Waals surface area (Å²) >= 11 is 0. The zero-order valence-electron chi connectivity index (χ0n) is 13.2. The van der Waals surface area contributed by atoms with Gasteiger partial charge in [-0.3, -0.25) is 10.1 Å². The Morgan fingerprint density at radius 3 is 1.86 bits per heavy atom. The summed E-state index contributed by atoms with van der Waals surface area (Å²) in [6, 6.07) is 4.70. The summed E-state index contributed by atoms with van der Waals surface area (Å²) in [6.07, 6.45) is 0. The van der Waals surface area contributed by atoms with Gasteiger partial charge in [0, 0.05) is 17.7 Å². The monoisotopic (exact) mass is 296 g/mol. The molecule has 0 fully saturated rings. The number of quaternary nitrogens is 1. The highest BCUT2D eigenvalue weighted by Gasteiger charge is 2.16. The van der Waals surface area contributed by atoms with Crippen LogP contribution in [0, 0.1) is 10.1 Å². The molecule has 21 heavy (non-hydrogen) atoms. The van der Waals surface area contributed by atoms with Crippen LogP contribution in [0.15, 0.2) is 24.3 Å². The number of nitrogens with zero attached hydrogens (tertiary/aromatic N) is 2. The maximum absolute atomic E-state index is 10.2. The zero-order valence-corrected chi connectivity index (χ0v) is 13.2. The fourth-order valence-electron chi connectivity index (χ4n) is 2.09. The van der Waals surface area contributed by atoms with Gasteiger partial charge in [0.05, 0.1) is 37.1 Å². The Kier molecular flexibility index (Phi) is 8.23. The predicted octanol–water partition coefficient (Wildman–Crippen LogP) is 1.84. The van der Waals surface area contributed by atoms with E-state index in [-0.39, 0.29) is 11.3 Å². The molecule has 0 amide bonds. The molecular weight excluding hydrogens is 272 g/mol. The van der Waals surface area contributed by atoms with E-state index in [0.29, 0.717) is 0 Å². The lowest BCUT2D eigenvalue weighted by Gasteiger charge is -2.34. The summed E-state index contributed by atoms with van der Waals surface area (Å²) in [5, 5.41) is 20.4. The highest BCUT2D eigenvalue weighted by atomic mass is 16.6. The molecular formula is C15H24N2O4. The molecule has 0 N–H and O–H groups in total. The van der Waals surface area contributed by atoms with Gasteiger partial charge in [-0.05, 0) is 27.7 Å². The van der Waals surface area contributed by atoms with E-state index >= 15 is 0 Å². The minimum absolute atomic E-state index is 0.191. The first-order valence-corrected chi connectivity index (χ1v) is 7.16. The van der Waals surface area contributed by atoms with Crippen LogP contribution in [0.5, 0.6) is 0 Å². The van der Waals surface area contributed by atoms with E-state index in [4.69, 9.17) is 0 Å². The summed E-state index contributed by atoms with van der Waals surface area (Å²) in [7, 11) is 0. The quantitative estimate of drug-likeness (QED) is 0.455. The van der Waals surface area contributed by atoms with Crippen molar-refractivity contribution in [2.45, 2.75) is 27.7 Å². The van der Waals surface area contributed by atoms with E-state index in [1.807, 2.05) is 0 Å². The Hall–Kier alpha value is -1.95. The van der Waals surface area contributed by atoms with Crippen molar-refractivity contribution >= 4 is 11.7 Å². The van der Waals surface area contributed by atoms with Crippen LogP contribution in [-0.4, -0.2) is 41.6 Å². The highest BCUT2D eigenvalue weighted by molar-refractivity contribution is 5.86. The van der Waals surface area contributed by atoms with Crippen LogP contribution < -0.4 is 5.11 Å². The minimum Gasteiger partial charge on any atom is -0.545 e. The third-order valence-electron chi connectivity index (χ3n) is 3.98. The maximum atomic E-state index is 10.2. The first-order chi connectivity index (χ1) is 9.85. The number of carbonyl (C=O) groups excluding carboxylic acids is 1. The predicted molar refractivity (Wildman–Crippen MR) is 79.9 cm³/mol. The Balaban J connectivity index is 0.000000400. The lowest BCUT2D eigenvalue weighted by molar-refractivity contribution is -0.921. The van der Waals surface area contributed by atoms with Crippen LogP contribution in [-0.2, 0) is 0 Å². The van der Waals surface area contributed by atoms with Crippen LogP contribution in [0.3, 0.4) is 0 Å². The number of nitro groups is 1. The normalized spacial score (nSPS) is 10.5. The second-order valence-electron chi connectivity index (χ2n) is 4.70. The summed E-state index contributed by atoms with van der Waals surface area (Å²) in [5.74, 6) is -1.42. The van der Waals surface area contributed by atoms with Gasteiger partial charge in [-0.1, -0.05) is 12.1 Å². The number of hydrogen-bond donors (Lipinski definition) is 0. The summed E-state index contributed by atoms with van der Waals surface area (Å²) in [4.78, 5) is 19.7. The fourth-order valence-corrected chi connectivity index (χ4v) is 2.09. The smallest absolute Gasteiger partial charge is 0.270 e. The van der Waals surface area contributed by atoms with Crippen LogP contribution in [0.2, 0.25) is 0 Å². The molecule has 0 heterocycles. The molecule has 6 nitrogen and oxygen atoms in total. The van der Waals surface area contributed by atoms with Gasteiger partial charge in [-0.15, -0.1) is 0 Å². The van der Waals surface area contributed by atoms with Crippen LogP contribution in [0.4, 0.5) is 5.69 Å². The van der Waals surface area contributed by atoms with Crippen molar-refractivity contribution < 1.29 is 19.3 Å². The molecule has 0 aliphatic heterocycles. The first-order valence-electron chi connectivity index (χ1n) is 7.16. The largest absolute Gasteiger partial charge is 0.545 e. The molecule has 1 aromatic rings. The van der Waals surface area contributed by atoms with Gasteiger partial charge >= 0.3 is 0 Å². The Morgan fingerprint density at radius 1 is 1.10 bits per heavy atom. The number of carboxylic acids is 1. The average molecular weight is 296 g/mol. The van der Waals surface area contributed by atoms with Crippen molar-refractivity contribution in [3.8, 4) is 0 Å². The molecule has 0 bridgehead atoms. The van der Waals surface area contributed by atoms with Crippen molar-refractivity contribution in [1.82, 2.24) is 0 Å². The third kappa shape index (κ3) is 5.91. The summed E-state index contributed by atoms with van der Waals surface area (Å²) in [5.41, 5.74) is -0.444. The topological polar surface area (TPSA) is 83.3 Å². The molecule has 118 valence electrons. The van der Waals surface area contributed by atoms with Crippen LogP contribution in [0.1, 0.15) is 38.1 Å². The zero-order chi connectivity index (χ0) is 16.5. The molecule has 0 saturated heterocycles. The van der Waals surface area contributed by atoms with Crippen LogP contribution >= 0.6 is 0 Å². The van der Waals surface area contributed by atoms with Crippen molar-refractivity contribution in [1.29, 1.82) is 0 Å². The van der Waals surface area contributed by atoms with E-state index < -0.39 is 10.9 Å². The van der Waals surface area contributed by atoms with Crippen molar-refractivity contribution in [3.63, 3.8) is 0 Å². The molecule has 0 aliphatic rings. The molecule has 0 spiro atoms. The van der Waals surface area contributed by atoms with Crippen molar-refractivity contribution in [2.24, 2.45) is 0 Å². The maximum Gasteiger partial charge on any atom is 0.270 e. The number of non-ortho nitro benzene ring substituents is 1. The van der Waals surface area contributed by atoms with Gasteiger partial charge in [0.2, 0.25) is 0 Å². The molecule has 1 aromatic carbocycles. The molecule has 0 radical (unpaired) electrons. The Labute approximate surface area is 125 Å². The van der Waals surface area contributed by atoms with Crippen molar-refractivity contribution in [2.75, 3.05) is 26.2 Å². The minimum atomic E-state index is -1.42. The standard InChI is InChI=1S/C8H20N.C7H5NO4/c1-5-9(6-2,7-3)8-4;9-7(10)5-2-1-3-6(4-5)8(11)12/h5-8H2,1-4H3;1-4H,(H,9,10)/q+1;/p-1. The van der Waals surface area contributed by atoms with Gasteiger partial charge in [-0.2, -0.15) is 0 Å². The van der Waals surface area contributed by atoms with E-state index in [0.717, 1.165) is 6.07 Å². The Bertz CT molecular complexity index is 424. The number of nitro benzene ring substituents is 1. The third-order valence-corrected chi connectivity index (χ3v) is 3.98. The van der Waals surface area contributed by atoms with Gasteiger partial charge in [0.1, 0.15) is 0 Å². The van der Waals surface area contributed by atoms with Crippen LogP contribution in [0.25, 0.3) is 0 Å². The number of aromatic carboxylic acids is 1. The van der Waals surface area contributed by atoms with Gasteiger partial charge < -0.3 is 14.4 Å². The summed E-state index contributed by atoms with van der Waals surface area (Å²) in [6.45, 7) is 14.2. The second kappa shape index (κ2) is 9.07. The molecule has 1 rings (SSSR count). The number of hydrogen-bond acceptors (Lipinski definition) is 4. The molecule has 0 saturated carbocycles. The van der Waals surface area contributed by atoms with E-state index in [1.165, 1.54) is 48.9 Å². The van der Waals surface area contributed by atoms with Gasteiger partial charge in [0.15, 0.2) is 0 Å². The first kappa shape index (κ1) is 19.1. The number of carboxylic acid groups (broad SMARTS) is 1. The Morgan fingerprint density at radius 2 is 1.57 bits per heavy atom. The molecule has 0 aromatic heterocycles. The number of carbonyl (C=O) groups is 1. The molecule has 0 unspecified atom stereocenters. The molecule has 6 heteroatoms. The highest BCUT2D eigenvalue weighted by Crippen LogP contribution is 2.11. The van der Waals surface area contributed by atoms with E-state index in [2.05, 4.69) is 27.7 Å². The second-order valence-corrected chi connectivity index (χ2v) is 4.70. The van der Waals surface area contributed by atoms with Crippen molar-refractivity contribution in [3.05, 3.63) is 39.9 Å². The number of rotatable bonds is 6. The van der Waals surface area contributed by atoms with Gasteiger partial charge in [0.25, 0.3) is 5.69 Å². The molecule has 0 atom stereocenters. The lowest BCUT2D eigenvalue weighted by atomic mass is 10.2. The molecule has 0 aliphatic carbocycles. The lowest BCUT2D eigenvalue weighted by Crippen LogP contribution is -2.47. The fraction of sp³-hybridized carbons (Fsp3) is 0.533. The van der Waals surface area contributed by atoms with Gasteiger partial charge in [-0.25, -0.2) is 0 Å². The average Bonchev–Trinajstić information content (AvgIpc) is 2.51. The van der Waals surface area contributed by atoms with E-state index in [1.54, 1.807) is 0 Å². The summed E-state index contributed by atoms with van der Waals surface area (Å²) < 4.78 is 1.28. The van der Waals surface area contributed by atoms with E-state index in [9.17, 15) is 20.0 Å². The number of benzene rings is 1.